The number of anilines is 1. The first-order valence-corrected chi connectivity index (χ1v) is 6.80. The van der Waals surface area contributed by atoms with Gasteiger partial charge in [-0.15, -0.1) is 0 Å². The Morgan fingerprint density at radius 1 is 1.05 bits per heavy atom. The molecule has 0 aromatic heterocycles. The van der Waals surface area contributed by atoms with E-state index in [1.54, 1.807) is 19.9 Å². The van der Waals surface area contributed by atoms with E-state index < -0.39 is 12.1 Å². The zero-order chi connectivity index (χ0) is 16.1. The number of carbonyl (C=O) groups is 2. The van der Waals surface area contributed by atoms with E-state index in [9.17, 15) is 9.59 Å². The summed E-state index contributed by atoms with van der Waals surface area (Å²) in [4.78, 5) is 22.9. The molecular formula is C17H17NO4. The number of aromatic carboxylic acids is 1. The number of carbonyl (C=O) groups excluding carboxylic acids is 1. The molecule has 0 unspecified atom stereocenters. The quantitative estimate of drug-likeness (QED) is 0.901. The summed E-state index contributed by atoms with van der Waals surface area (Å²) < 4.78 is 5.14. The molecular weight excluding hydrogens is 282 g/mol. The predicted octanol–water partition coefficient (Wildman–Crippen LogP) is 3.75. The van der Waals surface area contributed by atoms with Gasteiger partial charge in [0.05, 0.1) is 5.56 Å². The SMILES string of the molecule is Cc1c(NC(=O)OCc2ccccc2)ccc(C(=O)O)c1C. The van der Waals surface area contributed by atoms with Gasteiger partial charge in [-0.2, -0.15) is 0 Å². The van der Waals surface area contributed by atoms with Crippen molar-refractivity contribution >= 4 is 17.7 Å². The number of amides is 1. The zero-order valence-corrected chi connectivity index (χ0v) is 12.4. The van der Waals surface area contributed by atoms with E-state index in [4.69, 9.17) is 9.84 Å². The summed E-state index contributed by atoms with van der Waals surface area (Å²) in [5.74, 6) is -0.987. The molecule has 22 heavy (non-hydrogen) atoms. The van der Waals surface area contributed by atoms with Gasteiger partial charge >= 0.3 is 12.1 Å². The average molecular weight is 299 g/mol. The molecule has 114 valence electrons. The summed E-state index contributed by atoms with van der Waals surface area (Å²) >= 11 is 0. The first-order chi connectivity index (χ1) is 10.5. The molecule has 0 radical (unpaired) electrons. The van der Waals surface area contributed by atoms with Crippen molar-refractivity contribution in [2.24, 2.45) is 0 Å². The van der Waals surface area contributed by atoms with Gasteiger partial charge in [0.15, 0.2) is 0 Å². The highest BCUT2D eigenvalue weighted by Gasteiger charge is 2.13. The van der Waals surface area contributed by atoms with Crippen LogP contribution in [0.4, 0.5) is 10.5 Å². The van der Waals surface area contributed by atoms with E-state index in [0.29, 0.717) is 16.8 Å². The van der Waals surface area contributed by atoms with Crippen LogP contribution in [0.15, 0.2) is 42.5 Å². The monoisotopic (exact) mass is 299 g/mol. The number of ether oxygens (including phenoxy) is 1. The predicted molar refractivity (Wildman–Crippen MR) is 83.1 cm³/mol. The fourth-order valence-corrected chi connectivity index (χ4v) is 2.06. The average Bonchev–Trinajstić information content (AvgIpc) is 2.50. The maximum absolute atomic E-state index is 11.8. The molecule has 2 rings (SSSR count). The van der Waals surface area contributed by atoms with Crippen molar-refractivity contribution < 1.29 is 19.4 Å². The van der Waals surface area contributed by atoms with E-state index in [1.165, 1.54) is 6.07 Å². The Morgan fingerprint density at radius 2 is 1.73 bits per heavy atom. The van der Waals surface area contributed by atoms with Gasteiger partial charge in [-0.1, -0.05) is 30.3 Å². The summed E-state index contributed by atoms with van der Waals surface area (Å²) in [5, 5.41) is 11.7. The van der Waals surface area contributed by atoms with Crippen molar-refractivity contribution in [3.8, 4) is 0 Å². The van der Waals surface area contributed by atoms with Crippen molar-refractivity contribution in [2.75, 3.05) is 5.32 Å². The number of hydrogen-bond acceptors (Lipinski definition) is 3. The lowest BCUT2D eigenvalue weighted by atomic mass is 10.0. The second kappa shape index (κ2) is 6.76. The van der Waals surface area contributed by atoms with Crippen LogP contribution in [-0.2, 0) is 11.3 Å². The molecule has 5 nitrogen and oxygen atoms in total. The molecule has 0 bridgehead atoms. The molecule has 2 aromatic rings. The molecule has 0 spiro atoms. The molecule has 0 aliphatic rings. The fourth-order valence-electron chi connectivity index (χ4n) is 2.06. The Bertz CT molecular complexity index is 695. The van der Waals surface area contributed by atoms with Crippen LogP contribution in [0.1, 0.15) is 27.0 Å². The van der Waals surface area contributed by atoms with Crippen LogP contribution in [0.25, 0.3) is 0 Å². The minimum Gasteiger partial charge on any atom is -0.478 e. The van der Waals surface area contributed by atoms with Crippen LogP contribution in [0.2, 0.25) is 0 Å². The van der Waals surface area contributed by atoms with E-state index >= 15 is 0 Å². The molecule has 0 aliphatic heterocycles. The molecule has 2 aromatic carbocycles. The summed E-state index contributed by atoms with van der Waals surface area (Å²) in [6, 6.07) is 12.4. The molecule has 0 saturated carbocycles. The minimum absolute atomic E-state index is 0.178. The molecule has 0 atom stereocenters. The van der Waals surface area contributed by atoms with Gasteiger partial charge in [0.1, 0.15) is 6.61 Å². The van der Waals surface area contributed by atoms with Crippen LogP contribution >= 0.6 is 0 Å². The van der Waals surface area contributed by atoms with Crippen molar-refractivity contribution in [3.63, 3.8) is 0 Å². The van der Waals surface area contributed by atoms with Crippen molar-refractivity contribution in [1.29, 1.82) is 0 Å². The van der Waals surface area contributed by atoms with Gasteiger partial charge < -0.3 is 9.84 Å². The first kappa shape index (κ1) is 15.6. The van der Waals surface area contributed by atoms with Gasteiger partial charge in [0.25, 0.3) is 0 Å². The molecule has 2 N–H and O–H groups in total. The maximum atomic E-state index is 11.8. The molecule has 0 heterocycles. The highest BCUT2D eigenvalue weighted by molar-refractivity contribution is 5.92. The van der Waals surface area contributed by atoms with Gasteiger partial charge in [-0.05, 0) is 42.7 Å². The number of nitrogens with one attached hydrogen (secondary N) is 1. The Morgan fingerprint density at radius 3 is 2.36 bits per heavy atom. The number of benzene rings is 2. The smallest absolute Gasteiger partial charge is 0.411 e. The molecule has 1 amide bonds. The van der Waals surface area contributed by atoms with Crippen molar-refractivity contribution in [3.05, 3.63) is 64.7 Å². The highest BCUT2D eigenvalue weighted by atomic mass is 16.5. The van der Waals surface area contributed by atoms with Crippen LogP contribution in [-0.4, -0.2) is 17.2 Å². The Kier molecular flexibility index (Phi) is 4.78. The van der Waals surface area contributed by atoms with Gasteiger partial charge in [0, 0.05) is 5.69 Å². The van der Waals surface area contributed by atoms with Gasteiger partial charge in [-0.25, -0.2) is 9.59 Å². The third-order valence-corrected chi connectivity index (χ3v) is 3.47. The number of carboxylic acid groups (broad SMARTS) is 1. The van der Waals surface area contributed by atoms with Crippen molar-refractivity contribution in [2.45, 2.75) is 20.5 Å². The van der Waals surface area contributed by atoms with Gasteiger partial charge in [-0.3, -0.25) is 5.32 Å². The summed E-state index contributed by atoms with van der Waals surface area (Å²) in [6.45, 7) is 3.64. The topological polar surface area (TPSA) is 75.6 Å². The first-order valence-electron chi connectivity index (χ1n) is 6.80. The molecule has 0 saturated heterocycles. The van der Waals surface area contributed by atoms with Crippen LogP contribution in [0.5, 0.6) is 0 Å². The Hall–Kier alpha value is -2.82. The van der Waals surface area contributed by atoms with E-state index in [-0.39, 0.29) is 12.2 Å². The third kappa shape index (κ3) is 3.63. The highest BCUT2D eigenvalue weighted by Crippen LogP contribution is 2.22. The number of rotatable bonds is 4. The van der Waals surface area contributed by atoms with E-state index in [2.05, 4.69) is 5.32 Å². The van der Waals surface area contributed by atoms with Crippen LogP contribution in [0.3, 0.4) is 0 Å². The zero-order valence-electron chi connectivity index (χ0n) is 12.4. The Balaban J connectivity index is 2.03. The normalized spacial score (nSPS) is 10.1. The lowest BCUT2D eigenvalue weighted by molar-refractivity contribution is 0.0696. The summed E-state index contributed by atoms with van der Waals surface area (Å²) in [5.41, 5.74) is 2.98. The standard InChI is InChI=1S/C17H17NO4/c1-11-12(2)15(9-8-14(11)16(19)20)18-17(21)22-10-13-6-4-3-5-7-13/h3-9H,10H2,1-2H3,(H,18,21)(H,19,20). The van der Waals surface area contributed by atoms with Crippen molar-refractivity contribution in [1.82, 2.24) is 0 Å². The van der Waals surface area contributed by atoms with Gasteiger partial charge in [0.2, 0.25) is 0 Å². The molecule has 0 fully saturated rings. The van der Waals surface area contributed by atoms with Crippen LogP contribution < -0.4 is 5.32 Å². The number of carboxylic acids is 1. The van der Waals surface area contributed by atoms with E-state index in [1.807, 2.05) is 30.3 Å². The molecule has 5 heteroatoms. The fraction of sp³-hybridized carbons (Fsp3) is 0.176. The summed E-state index contributed by atoms with van der Waals surface area (Å²) in [7, 11) is 0. The minimum atomic E-state index is -0.987. The maximum Gasteiger partial charge on any atom is 0.411 e. The lowest BCUT2D eigenvalue weighted by Gasteiger charge is -2.12. The number of hydrogen-bond donors (Lipinski definition) is 2. The molecule has 0 aliphatic carbocycles. The van der Waals surface area contributed by atoms with E-state index in [0.717, 1.165) is 5.56 Å². The second-order valence-electron chi connectivity index (χ2n) is 4.90. The largest absolute Gasteiger partial charge is 0.478 e. The second-order valence-corrected chi connectivity index (χ2v) is 4.90. The lowest BCUT2D eigenvalue weighted by Crippen LogP contribution is -2.15. The Labute approximate surface area is 128 Å². The summed E-state index contributed by atoms with van der Waals surface area (Å²) in [6.07, 6.45) is -0.575. The third-order valence-electron chi connectivity index (χ3n) is 3.47. The van der Waals surface area contributed by atoms with Crippen LogP contribution in [0, 0.1) is 13.8 Å².